The molecule has 1 N–H and O–H groups in total. The fraction of sp³-hybridized carbons (Fsp3) is 0.273. The predicted octanol–water partition coefficient (Wildman–Crippen LogP) is 2.86. The van der Waals surface area contributed by atoms with Crippen molar-refractivity contribution >= 4 is 27.6 Å². The molecular weight excluding hydrogens is 291 g/mol. The number of nitrogens with zero attached hydrogens (tertiary/aromatic N) is 1. The molecule has 17 heavy (non-hydrogen) atoms. The molecule has 0 bridgehead atoms. The van der Waals surface area contributed by atoms with Crippen LogP contribution in [0.15, 0.2) is 29.1 Å². The van der Waals surface area contributed by atoms with Gasteiger partial charge in [0, 0.05) is 6.07 Å². The Morgan fingerprint density at radius 2 is 2.41 bits per heavy atom. The molecule has 0 aromatic carbocycles. The number of hydrogen-bond acceptors (Lipinski definition) is 4. The molecule has 1 aromatic heterocycles. The van der Waals surface area contributed by atoms with Gasteiger partial charge in [-0.25, -0.2) is 14.2 Å². The molecule has 1 aromatic rings. The van der Waals surface area contributed by atoms with Crippen molar-refractivity contribution in [1.29, 1.82) is 0 Å². The van der Waals surface area contributed by atoms with Gasteiger partial charge in [0.15, 0.2) is 0 Å². The molecule has 0 radical (unpaired) electrons. The van der Waals surface area contributed by atoms with Gasteiger partial charge in [0.1, 0.15) is 16.1 Å². The van der Waals surface area contributed by atoms with Crippen molar-refractivity contribution in [2.24, 2.45) is 0 Å². The van der Waals surface area contributed by atoms with Crippen molar-refractivity contribution < 1.29 is 13.9 Å². The molecule has 0 atom stereocenters. The van der Waals surface area contributed by atoms with Crippen LogP contribution in [-0.2, 0) is 9.53 Å². The standard InChI is InChI=1S/C11H12BrFN2O2/c1-3-4-17-11(16)7(2)15-9-5-8(13)6-14-10(9)12/h5-6,15H,2-4H2,1H3. The van der Waals surface area contributed by atoms with Crippen molar-refractivity contribution in [2.75, 3.05) is 11.9 Å². The number of esters is 1. The lowest BCUT2D eigenvalue weighted by molar-refractivity contribution is -0.138. The van der Waals surface area contributed by atoms with Crippen molar-refractivity contribution in [1.82, 2.24) is 4.98 Å². The Kier molecular flexibility index (Phi) is 5.09. The van der Waals surface area contributed by atoms with E-state index in [9.17, 15) is 9.18 Å². The molecule has 1 rings (SSSR count). The molecule has 0 amide bonds. The second-order valence-electron chi connectivity index (χ2n) is 3.23. The third kappa shape index (κ3) is 4.14. The summed E-state index contributed by atoms with van der Waals surface area (Å²) < 4.78 is 18.2. The number of carbonyl (C=O) groups is 1. The topological polar surface area (TPSA) is 51.2 Å². The average molecular weight is 303 g/mol. The van der Waals surface area contributed by atoms with Crippen LogP contribution in [0.5, 0.6) is 0 Å². The zero-order valence-corrected chi connectivity index (χ0v) is 10.9. The quantitative estimate of drug-likeness (QED) is 0.516. The zero-order chi connectivity index (χ0) is 12.8. The van der Waals surface area contributed by atoms with E-state index in [1.165, 1.54) is 6.07 Å². The molecule has 0 aliphatic rings. The third-order valence-corrected chi connectivity index (χ3v) is 2.41. The summed E-state index contributed by atoms with van der Waals surface area (Å²) in [6, 6.07) is 1.20. The second-order valence-corrected chi connectivity index (χ2v) is 3.98. The van der Waals surface area contributed by atoms with Gasteiger partial charge in [-0.3, -0.25) is 0 Å². The van der Waals surface area contributed by atoms with Crippen molar-refractivity contribution in [3.8, 4) is 0 Å². The Hall–Kier alpha value is -1.43. The summed E-state index contributed by atoms with van der Waals surface area (Å²) in [6.07, 6.45) is 1.79. The molecule has 0 spiro atoms. The third-order valence-electron chi connectivity index (χ3n) is 1.77. The van der Waals surface area contributed by atoms with E-state index >= 15 is 0 Å². The molecular formula is C11H12BrFN2O2. The van der Waals surface area contributed by atoms with E-state index in [4.69, 9.17) is 4.74 Å². The van der Waals surface area contributed by atoms with Crippen LogP contribution in [0, 0.1) is 5.82 Å². The van der Waals surface area contributed by atoms with Gasteiger partial charge >= 0.3 is 5.97 Å². The summed E-state index contributed by atoms with van der Waals surface area (Å²) in [7, 11) is 0. The number of nitrogens with one attached hydrogen (secondary N) is 1. The highest BCUT2D eigenvalue weighted by Crippen LogP contribution is 2.21. The largest absolute Gasteiger partial charge is 0.461 e. The molecule has 0 unspecified atom stereocenters. The Labute approximate surface area is 107 Å². The first-order chi connectivity index (χ1) is 8.04. The van der Waals surface area contributed by atoms with Crippen LogP contribution in [0.1, 0.15) is 13.3 Å². The second kappa shape index (κ2) is 6.34. The highest BCUT2D eigenvalue weighted by Gasteiger charge is 2.11. The SMILES string of the molecule is C=C(Nc1cc(F)cnc1Br)C(=O)OCCC. The lowest BCUT2D eigenvalue weighted by Gasteiger charge is -2.10. The Morgan fingerprint density at radius 1 is 1.71 bits per heavy atom. The van der Waals surface area contributed by atoms with Crippen molar-refractivity contribution in [2.45, 2.75) is 13.3 Å². The van der Waals surface area contributed by atoms with Gasteiger partial charge in [-0.2, -0.15) is 0 Å². The van der Waals surface area contributed by atoms with Crippen LogP contribution in [0.4, 0.5) is 10.1 Å². The van der Waals surface area contributed by atoms with Crippen molar-refractivity contribution in [3.05, 3.63) is 35.0 Å². The number of carbonyl (C=O) groups excluding carboxylic acids is 1. The number of pyridine rings is 1. The van der Waals surface area contributed by atoms with Gasteiger partial charge in [-0.1, -0.05) is 13.5 Å². The lowest BCUT2D eigenvalue weighted by Crippen LogP contribution is -2.14. The minimum Gasteiger partial charge on any atom is -0.461 e. The van der Waals surface area contributed by atoms with Crippen LogP contribution < -0.4 is 5.32 Å². The van der Waals surface area contributed by atoms with Crippen molar-refractivity contribution in [3.63, 3.8) is 0 Å². The fourth-order valence-electron chi connectivity index (χ4n) is 1.01. The maximum atomic E-state index is 12.9. The summed E-state index contributed by atoms with van der Waals surface area (Å²) in [6.45, 7) is 5.72. The van der Waals surface area contributed by atoms with Crippen LogP contribution in [0.2, 0.25) is 0 Å². The fourth-order valence-corrected chi connectivity index (χ4v) is 1.32. The highest BCUT2D eigenvalue weighted by atomic mass is 79.9. The Bertz CT molecular complexity index is 437. The monoisotopic (exact) mass is 302 g/mol. The molecule has 0 fully saturated rings. The van der Waals surface area contributed by atoms with Gasteiger partial charge in [-0.05, 0) is 22.4 Å². The Morgan fingerprint density at radius 3 is 3.06 bits per heavy atom. The van der Waals surface area contributed by atoms with E-state index in [0.29, 0.717) is 16.9 Å². The first kappa shape index (κ1) is 13.6. The van der Waals surface area contributed by atoms with Crippen LogP contribution in [0.25, 0.3) is 0 Å². The van der Waals surface area contributed by atoms with Gasteiger partial charge < -0.3 is 10.1 Å². The molecule has 92 valence electrons. The molecule has 0 aliphatic heterocycles. The predicted molar refractivity (Wildman–Crippen MR) is 65.9 cm³/mol. The van der Waals surface area contributed by atoms with E-state index in [1.807, 2.05) is 6.92 Å². The number of hydrogen-bond donors (Lipinski definition) is 1. The zero-order valence-electron chi connectivity index (χ0n) is 9.30. The van der Waals surface area contributed by atoms with Gasteiger partial charge in [0.2, 0.25) is 0 Å². The normalized spacial score (nSPS) is 9.82. The molecule has 0 aliphatic carbocycles. The van der Waals surface area contributed by atoms with Gasteiger partial charge in [-0.15, -0.1) is 0 Å². The number of rotatable bonds is 5. The summed E-state index contributed by atoms with van der Waals surface area (Å²) in [5.41, 5.74) is 0.356. The average Bonchev–Trinajstić information content (AvgIpc) is 2.30. The van der Waals surface area contributed by atoms with E-state index in [0.717, 1.165) is 12.6 Å². The summed E-state index contributed by atoms with van der Waals surface area (Å²) in [5, 5.41) is 2.64. The first-order valence-electron chi connectivity index (χ1n) is 4.98. The molecule has 4 nitrogen and oxygen atoms in total. The molecule has 0 saturated heterocycles. The highest BCUT2D eigenvalue weighted by molar-refractivity contribution is 9.10. The number of aromatic nitrogens is 1. The molecule has 6 heteroatoms. The maximum Gasteiger partial charge on any atom is 0.354 e. The van der Waals surface area contributed by atoms with E-state index < -0.39 is 11.8 Å². The number of anilines is 1. The first-order valence-corrected chi connectivity index (χ1v) is 5.78. The molecule has 1 heterocycles. The molecule has 0 saturated carbocycles. The smallest absolute Gasteiger partial charge is 0.354 e. The minimum atomic E-state index is -0.567. The van der Waals surface area contributed by atoms with Crippen LogP contribution in [-0.4, -0.2) is 17.6 Å². The number of ether oxygens (including phenoxy) is 1. The van der Waals surface area contributed by atoms with E-state index in [-0.39, 0.29) is 5.70 Å². The number of halogens is 2. The van der Waals surface area contributed by atoms with E-state index in [1.54, 1.807) is 0 Å². The summed E-state index contributed by atoms with van der Waals surface area (Å²) in [5.74, 6) is -1.08. The lowest BCUT2D eigenvalue weighted by atomic mass is 10.4. The summed E-state index contributed by atoms with van der Waals surface area (Å²) >= 11 is 3.13. The van der Waals surface area contributed by atoms with E-state index in [2.05, 4.69) is 32.8 Å². The summed E-state index contributed by atoms with van der Waals surface area (Å²) in [4.78, 5) is 15.1. The maximum absolute atomic E-state index is 12.9. The minimum absolute atomic E-state index is 0.0338. The van der Waals surface area contributed by atoms with Crippen LogP contribution >= 0.6 is 15.9 Å². The van der Waals surface area contributed by atoms with Crippen LogP contribution in [0.3, 0.4) is 0 Å². The van der Waals surface area contributed by atoms with Gasteiger partial charge in [0.25, 0.3) is 0 Å². The Balaban J connectivity index is 2.67. The van der Waals surface area contributed by atoms with Gasteiger partial charge in [0.05, 0.1) is 18.5 Å².